The summed E-state index contributed by atoms with van der Waals surface area (Å²) in [7, 11) is 1.56. The number of aromatic nitrogens is 1. The van der Waals surface area contributed by atoms with Gasteiger partial charge in [0, 0.05) is 13.6 Å². The fourth-order valence-corrected chi connectivity index (χ4v) is 2.48. The number of halogens is 3. The highest BCUT2D eigenvalue weighted by molar-refractivity contribution is 7.07. The van der Waals surface area contributed by atoms with E-state index in [1.54, 1.807) is 7.05 Å². The molecule has 2 rings (SSSR count). The molecule has 112 valence electrons. The number of carbonyl (C=O) groups is 1. The minimum absolute atomic E-state index is 0.0410. The van der Waals surface area contributed by atoms with Crippen molar-refractivity contribution in [3.05, 3.63) is 45.8 Å². The quantitative estimate of drug-likeness (QED) is 0.944. The number of nitrogens with two attached hydrogens (primary N) is 1. The predicted octanol–water partition coefficient (Wildman–Crippen LogP) is 2.90. The summed E-state index contributed by atoms with van der Waals surface area (Å²) in [6.07, 6.45) is -4.58. The molecule has 0 atom stereocenters. The van der Waals surface area contributed by atoms with Crippen LogP contribution in [0.3, 0.4) is 0 Å². The van der Waals surface area contributed by atoms with Gasteiger partial charge in [0.2, 0.25) is 0 Å². The summed E-state index contributed by atoms with van der Waals surface area (Å²) >= 11 is 1.48. The number of alkyl halides is 3. The number of pyridine rings is 1. The van der Waals surface area contributed by atoms with Gasteiger partial charge in [0.1, 0.15) is 11.5 Å². The zero-order valence-electron chi connectivity index (χ0n) is 11.0. The summed E-state index contributed by atoms with van der Waals surface area (Å²) in [5.41, 5.74) is 5.02. The number of nitrogens with zero attached hydrogens (tertiary/aromatic N) is 2. The van der Waals surface area contributed by atoms with E-state index in [1.165, 1.54) is 16.2 Å². The van der Waals surface area contributed by atoms with Crippen LogP contribution < -0.4 is 10.6 Å². The van der Waals surface area contributed by atoms with Crippen LogP contribution in [0.25, 0.3) is 0 Å². The second-order valence-electron chi connectivity index (χ2n) is 4.42. The summed E-state index contributed by atoms with van der Waals surface area (Å²) < 4.78 is 38.2. The lowest BCUT2D eigenvalue weighted by molar-refractivity contribution is -0.141. The molecule has 0 unspecified atom stereocenters. The van der Waals surface area contributed by atoms with Gasteiger partial charge >= 0.3 is 6.18 Å². The molecule has 0 fully saturated rings. The van der Waals surface area contributed by atoms with Gasteiger partial charge in [0.05, 0.1) is 5.56 Å². The van der Waals surface area contributed by atoms with E-state index in [-0.39, 0.29) is 11.4 Å². The highest BCUT2D eigenvalue weighted by atomic mass is 32.1. The molecule has 0 aromatic carbocycles. The van der Waals surface area contributed by atoms with Crippen LogP contribution in [0.1, 0.15) is 21.6 Å². The first-order valence-corrected chi connectivity index (χ1v) is 6.83. The van der Waals surface area contributed by atoms with Crippen molar-refractivity contribution in [2.75, 3.05) is 11.9 Å². The van der Waals surface area contributed by atoms with Crippen molar-refractivity contribution in [3.8, 4) is 0 Å². The Morgan fingerprint density at radius 2 is 2.10 bits per heavy atom. The molecule has 0 aliphatic carbocycles. The molecule has 0 aliphatic heterocycles. The number of amides is 1. The molecule has 2 aromatic heterocycles. The fraction of sp³-hybridized carbons (Fsp3) is 0.231. The Morgan fingerprint density at radius 3 is 2.62 bits per heavy atom. The van der Waals surface area contributed by atoms with Crippen LogP contribution in [0.5, 0.6) is 0 Å². The number of anilines is 1. The second-order valence-corrected chi connectivity index (χ2v) is 5.20. The SMILES string of the molecule is CN(Cc1ccsc1)c1nc(C(F)(F)F)ccc1C(N)=O. The van der Waals surface area contributed by atoms with Crippen molar-refractivity contribution in [2.45, 2.75) is 12.7 Å². The van der Waals surface area contributed by atoms with Crippen LogP contribution in [-0.2, 0) is 12.7 Å². The summed E-state index contributed by atoms with van der Waals surface area (Å²) in [5.74, 6) is -0.896. The highest BCUT2D eigenvalue weighted by Gasteiger charge is 2.33. The predicted molar refractivity (Wildman–Crippen MR) is 74.2 cm³/mol. The van der Waals surface area contributed by atoms with E-state index in [0.29, 0.717) is 6.54 Å². The van der Waals surface area contributed by atoms with Crippen molar-refractivity contribution >= 4 is 23.1 Å². The molecule has 1 amide bonds. The topological polar surface area (TPSA) is 59.2 Å². The van der Waals surface area contributed by atoms with E-state index in [4.69, 9.17) is 5.73 Å². The van der Waals surface area contributed by atoms with Crippen molar-refractivity contribution in [1.82, 2.24) is 4.98 Å². The third kappa shape index (κ3) is 3.52. The first-order chi connectivity index (χ1) is 9.79. The van der Waals surface area contributed by atoms with E-state index < -0.39 is 17.8 Å². The lowest BCUT2D eigenvalue weighted by Crippen LogP contribution is -2.24. The van der Waals surface area contributed by atoms with E-state index in [0.717, 1.165) is 17.7 Å². The molecule has 4 nitrogen and oxygen atoms in total. The largest absolute Gasteiger partial charge is 0.433 e. The molecule has 21 heavy (non-hydrogen) atoms. The molecule has 2 heterocycles. The number of hydrogen-bond acceptors (Lipinski definition) is 4. The maximum atomic E-state index is 12.7. The summed E-state index contributed by atoms with van der Waals surface area (Å²) in [5, 5.41) is 3.73. The molecular weight excluding hydrogens is 303 g/mol. The zero-order chi connectivity index (χ0) is 15.6. The summed E-state index contributed by atoms with van der Waals surface area (Å²) in [6, 6.07) is 3.65. The minimum Gasteiger partial charge on any atom is -0.365 e. The van der Waals surface area contributed by atoms with Gasteiger partial charge in [-0.1, -0.05) is 0 Å². The van der Waals surface area contributed by atoms with Gasteiger partial charge in [0.25, 0.3) is 5.91 Å². The normalized spacial score (nSPS) is 11.4. The minimum atomic E-state index is -4.58. The maximum Gasteiger partial charge on any atom is 0.433 e. The van der Waals surface area contributed by atoms with Crippen molar-refractivity contribution in [3.63, 3.8) is 0 Å². The number of hydrogen-bond donors (Lipinski definition) is 1. The van der Waals surface area contributed by atoms with Gasteiger partial charge in [-0.15, -0.1) is 0 Å². The third-order valence-electron chi connectivity index (χ3n) is 2.79. The standard InChI is InChI=1S/C13H12F3N3OS/c1-19(6-8-4-5-21-7-8)12-9(11(17)20)2-3-10(18-12)13(14,15)16/h2-5,7H,6H2,1H3,(H2,17,20). The Labute approximate surface area is 123 Å². The molecule has 2 aromatic rings. The van der Waals surface area contributed by atoms with Gasteiger partial charge < -0.3 is 10.6 Å². The maximum absolute atomic E-state index is 12.7. The molecule has 2 N–H and O–H groups in total. The van der Waals surface area contributed by atoms with E-state index >= 15 is 0 Å². The Bertz CT molecular complexity index is 641. The molecule has 0 spiro atoms. The van der Waals surface area contributed by atoms with E-state index in [1.807, 2.05) is 16.8 Å². The van der Waals surface area contributed by atoms with Crippen molar-refractivity contribution in [2.24, 2.45) is 5.73 Å². The van der Waals surface area contributed by atoms with Crippen LogP contribution in [0.2, 0.25) is 0 Å². The number of primary amides is 1. The Kier molecular flexibility index (Phi) is 4.17. The number of carbonyl (C=O) groups excluding carboxylic acids is 1. The molecule has 0 aliphatic rings. The molecular formula is C13H12F3N3OS. The Balaban J connectivity index is 2.40. The smallest absolute Gasteiger partial charge is 0.365 e. The fourth-order valence-electron chi connectivity index (χ4n) is 1.82. The van der Waals surface area contributed by atoms with Crippen LogP contribution in [-0.4, -0.2) is 17.9 Å². The first-order valence-electron chi connectivity index (χ1n) is 5.89. The Hall–Kier alpha value is -2.09. The van der Waals surface area contributed by atoms with Crippen LogP contribution in [0.4, 0.5) is 19.0 Å². The zero-order valence-corrected chi connectivity index (χ0v) is 11.8. The second kappa shape index (κ2) is 5.72. The lowest BCUT2D eigenvalue weighted by Gasteiger charge is -2.21. The molecule has 0 saturated heterocycles. The van der Waals surface area contributed by atoms with Crippen LogP contribution >= 0.6 is 11.3 Å². The van der Waals surface area contributed by atoms with E-state index in [2.05, 4.69) is 4.98 Å². The average molecular weight is 315 g/mol. The van der Waals surface area contributed by atoms with Gasteiger partial charge in [-0.3, -0.25) is 4.79 Å². The molecule has 8 heteroatoms. The first kappa shape index (κ1) is 15.3. The monoisotopic (exact) mass is 315 g/mol. The summed E-state index contributed by atoms with van der Waals surface area (Å²) in [4.78, 5) is 16.4. The molecule has 0 radical (unpaired) electrons. The average Bonchev–Trinajstić information content (AvgIpc) is 2.89. The summed E-state index contributed by atoms with van der Waals surface area (Å²) in [6.45, 7) is 0.331. The number of rotatable bonds is 4. The molecule has 0 saturated carbocycles. The van der Waals surface area contributed by atoms with Gasteiger partial charge in [0.15, 0.2) is 0 Å². The van der Waals surface area contributed by atoms with Gasteiger partial charge in [-0.2, -0.15) is 24.5 Å². The van der Waals surface area contributed by atoms with Crippen molar-refractivity contribution < 1.29 is 18.0 Å². The molecule has 0 bridgehead atoms. The number of thiophene rings is 1. The third-order valence-corrected chi connectivity index (χ3v) is 3.52. The van der Waals surface area contributed by atoms with Crippen LogP contribution in [0, 0.1) is 0 Å². The highest BCUT2D eigenvalue weighted by Crippen LogP contribution is 2.30. The lowest BCUT2D eigenvalue weighted by atomic mass is 10.2. The Morgan fingerprint density at radius 1 is 1.38 bits per heavy atom. The van der Waals surface area contributed by atoms with E-state index in [9.17, 15) is 18.0 Å². The van der Waals surface area contributed by atoms with Gasteiger partial charge in [-0.25, -0.2) is 4.98 Å². The van der Waals surface area contributed by atoms with Gasteiger partial charge in [-0.05, 0) is 34.5 Å². The van der Waals surface area contributed by atoms with Crippen molar-refractivity contribution in [1.29, 1.82) is 0 Å². The van der Waals surface area contributed by atoms with Crippen LogP contribution in [0.15, 0.2) is 29.0 Å².